The van der Waals surface area contributed by atoms with Gasteiger partial charge in [-0.05, 0) is 59.4 Å². The van der Waals surface area contributed by atoms with Gasteiger partial charge in [-0.25, -0.2) is 0 Å². The SMILES string of the molecule is CCc1nnc(C)cc1C(NC)c1sccc1Br. The molecular weight excluding hydrogens is 310 g/mol. The molecule has 2 rings (SSSR count). The highest BCUT2D eigenvalue weighted by Crippen LogP contribution is 2.34. The van der Waals surface area contributed by atoms with Gasteiger partial charge in [0.15, 0.2) is 0 Å². The van der Waals surface area contributed by atoms with Crippen LogP contribution in [0.5, 0.6) is 0 Å². The molecule has 1 atom stereocenters. The summed E-state index contributed by atoms with van der Waals surface area (Å²) in [6.07, 6.45) is 0.893. The molecule has 5 heteroatoms. The topological polar surface area (TPSA) is 37.8 Å². The molecule has 0 amide bonds. The number of nitrogens with one attached hydrogen (secondary N) is 1. The van der Waals surface area contributed by atoms with Gasteiger partial charge in [0.2, 0.25) is 0 Å². The largest absolute Gasteiger partial charge is 0.309 e. The standard InChI is InChI=1S/C13H16BrN3S/c1-4-11-9(7-8(2)16-17-11)12(15-3)13-10(14)5-6-18-13/h5-7,12,15H,4H2,1-3H3. The van der Waals surface area contributed by atoms with Gasteiger partial charge in [-0.15, -0.1) is 11.3 Å². The van der Waals surface area contributed by atoms with Crippen molar-refractivity contribution in [2.24, 2.45) is 0 Å². The van der Waals surface area contributed by atoms with Crippen LogP contribution >= 0.6 is 27.3 Å². The predicted octanol–water partition coefficient (Wildman–Crippen LogP) is 3.48. The predicted molar refractivity (Wildman–Crippen MR) is 79.1 cm³/mol. The van der Waals surface area contributed by atoms with E-state index in [4.69, 9.17) is 0 Å². The molecule has 0 radical (unpaired) electrons. The van der Waals surface area contributed by atoms with Crippen molar-refractivity contribution in [2.75, 3.05) is 7.05 Å². The van der Waals surface area contributed by atoms with E-state index in [2.05, 4.69) is 55.9 Å². The molecule has 2 aromatic heterocycles. The minimum absolute atomic E-state index is 0.170. The van der Waals surface area contributed by atoms with Gasteiger partial charge in [-0.2, -0.15) is 10.2 Å². The van der Waals surface area contributed by atoms with E-state index in [1.54, 1.807) is 11.3 Å². The van der Waals surface area contributed by atoms with E-state index in [1.165, 1.54) is 10.4 Å². The molecular formula is C13H16BrN3S. The van der Waals surface area contributed by atoms with E-state index >= 15 is 0 Å². The van der Waals surface area contributed by atoms with Crippen molar-refractivity contribution in [2.45, 2.75) is 26.3 Å². The smallest absolute Gasteiger partial charge is 0.0699 e. The molecule has 0 saturated carbocycles. The first-order valence-electron chi connectivity index (χ1n) is 5.90. The zero-order valence-corrected chi connectivity index (χ0v) is 13.1. The van der Waals surface area contributed by atoms with Crippen molar-refractivity contribution in [3.63, 3.8) is 0 Å². The summed E-state index contributed by atoms with van der Waals surface area (Å²) >= 11 is 5.35. The summed E-state index contributed by atoms with van der Waals surface area (Å²) in [5.74, 6) is 0. The summed E-state index contributed by atoms with van der Waals surface area (Å²) < 4.78 is 1.14. The lowest BCUT2D eigenvalue weighted by atomic mass is 10.0. The third-order valence-electron chi connectivity index (χ3n) is 2.87. The fraction of sp³-hybridized carbons (Fsp3) is 0.385. The van der Waals surface area contributed by atoms with Crippen LogP contribution in [0.15, 0.2) is 22.0 Å². The van der Waals surface area contributed by atoms with Crippen LogP contribution in [0.3, 0.4) is 0 Å². The van der Waals surface area contributed by atoms with Gasteiger partial charge < -0.3 is 5.32 Å². The van der Waals surface area contributed by atoms with Gasteiger partial charge in [-0.3, -0.25) is 0 Å². The Hall–Kier alpha value is -0.780. The zero-order valence-electron chi connectivity index (χ0n) is 10.7. The molecule has 0 bridgehead atoms. The molecule has 96 valence electrons. The van der Waals surface area contributed by atoms with E-state index in [1.807, 2.05) is 14.0 Å². The maximum absolute atomic E-state index is 4.30. The monoisotopic (exact) mass is 325 g/mol. The Kier molecular flexibility index (Phi) is 4.48. The number of aromatic nitrogens is 2. The van der Waals surface area contributed by atoms with Gasteiger partial charge in [0, 0.05) is 9.35 Å². The minimum atomic E-state index is 0.170. The average Bonchev–Trinajstić information content (AvgIpc) is 2.77. The van der Waals surface area contributed by atoms with Gasteiger partial charge >= 0.3 is 0 Å². The average molecular weight is 326 g/mol. The maximum atomic E-state index is 4.30. The fourth-order valence-electron chi connectivity index (χ4n) is 2.00. The zero-order chi connectivity index (χ0) is 13.1. The van der Waals surface area contributed by atoms with Crippen molar-refractivity contribution in [3.05, 3.63) is 43.8 Å². The third-order valence-corrected chi connectivity index (χ3v) is 4.80. The lowest BCUT2D eigenvalue weighted by molar-refractivity contribution is 0.677. The summed E-state index contributed by atoms with van der Waals surface area (Å²) in [5.41, 5.74) is 3.23. The van der Waals surface area contributed by atoms with Crippen LogP contribution < -0.4 is 5.32 Å². The lowest BCUT2D eigenvalue weighted by Crippen LogP contribution is -2.19. The highest BCUT2D eigenvalue weighted by molar-refractivity contribution is 9.10. The van der Waals surface area contributed by atoms with E-state index in [0.717, 1.165) is 22.3 Å². The van der Waals surface area contributed by atoms with Crippen LogP contribution in [0.1, 0.15) is 34.8 Å². The Morgan fingerprint density at radius 3 is 2.78 bits per heavy atom. The Labute approximate surface area is 120 Å². The molecule has 0 saturated heterocycles. The second-order valence-corrected chi connectivity index (χ2v) is 5.90. The first-order valence-corrected chi connectivity index (χ1v) is 7.57. The first kappa shape index (κ1) is 13.6. The number of halogens is 1. The van der Waals surface area contributed by atoms with Crippen molar-refractivity contribution < 1.29 is 0 Å². The highest BCUT2D eigenvalue weighted by Gasteiger charge is 2.20. The van der Waals surface area contributed by atoms with Crippen molar-refractivity contribution >= 4 is 27.3 Å². The number of rotatable bonds is 4. The number of hydrogen-bond donors (Lipinski definition) is 1. The fourth-order valence-corrected chi connectivity index (χ4v) is 3.73. The number of aryl methyl sites for hydroxylation is 2. The van der Waals surface area contributed by atoms with Gasteiger partial charge in [0.1, 0.15) is 0 Å². The van der Waals surface area contributed by atoms with Gasteiger partial charge in [0.05, 0.1) is 17.4 Å². The minimum Gasteiger partial charge on any atom is -0.309 e. The third kappa shape index (κ3) is 2.63. The Morgan fingerprint density at radius 1 is 1.44 bits per heavy atom. The van der Waals surface area contributed by atoms with Gasteiger partial charge in [-0.1, -0.05) is 6.92 Å². The van der Waals surface area contributed by atoms with Crippen LogP contribution in [-0.2, 0) is 6.42 Å². The molecule has 0 spiro atoms. The molecule has 1 N–H and O–H groups in total. The summed E-state index contributed by atoms with van der Waals surface area (Å²) in [7, 11) is 1.98. The molecule has 1 unspecified atom stereocenters. The molecule has 2 heterocycles. The molecule has 18 heavy (non-hydrogen) atoms. The van der Waals surface area contributed by atoms with Crippen LogP contribution in [0.4, 0.5) is 0 Å². The van der Waals surface area contributed by atoms with Crippen LogP contribution in [0.2, 0.25) is 0 Å². The van der Waals surface area contributed by atoms with E-state index in [0.29, 0.717) is 0 Å². The molecule has 2 aromatic rings. The summed E-state index contributed by atoms with van der Waals surface area (Å²) in [5, 5.41) is 13.9. The summed E-state index contributed by atoms with van der Waals surface area (Å²) in [6.45, 7) is 4.09. The Bertz CT molecular complexity index is 539. The summed E-state index contributed by atoms with van der Waals surface area (Å²) in [6, 6.07) is 4.37. The Balaban J connectivity index is 2.51. The van der Waals surface area contributed by atoms with Crippen LogP contribution in [0.25, 0.3) is 0 Å². The number of thiophene rings is 1. The maximum Gasteiger partial charge on any atom is 0.0699 e. The van der Waals surface area contributed by atoms with Crippen molar-refractivity contribution in [3.8, 4) is 0 Å². The number of nitrogens with zero attached hydrogens (tertiary/aromatic N) is 2. The van der Waals surface area contributed by atoms with Crippen molar-refractivity contribution in [1.82, 2.24) is 15.5 Å². The second kappa shape index (κ2) is 5.91. The summed E-state index contributed by atoms with van der Waals surface area (Å²) in [4.78, 5) is 1.28. The first-order chi connectivity index (χ1) is 8.67. The van der Waals surface area contributed by atoms with Crippen LogP contribution in [-0.4, -0.2) is 17.2 Å². The highest BCUT2D eigenvalue weighted by atomic mass is 79.9. The molecule has 0 aliphatic carbocycles. The normalized spacial score (nSPS) is 12.7. The molecule has 0 aliphatic rings. The number of hydrogen-bond acceptors (Lipinski definition) is 4. The molecule has 3 nitrogen and oxygen atoms in total. The van der Waals surface area contributed by atoms with E-state index in [-0.39, 0.29) is 6.04 Å². The molecule has 0 fully saturated rings. The van der Waals surface area contributed by atoms with E-state index < -0.39 is 0 Å². The van der Waals surface area contributed by atoms with Gasteiger partial charge in [0.25, 0.3) is 0 Å². The quantitative estimate of drug-likeness (QED) is 0.935. The molecule has 0 aromatic carbocycles. The van der Waals surface area contributed by atoms with Crippen LogP contribution in [0, 0.1) is 6.92 Å². The van der Waals surface area contributed by atoms with E-state index in [9.17, 15) is 0 Å². The molecule has 0 aliphatic heterocycles. The lowest BCUT2D eigenvalue weighted by Gasteiger charge is -2.18. The van der Waals surface area contributed by atoms with Crippen molar-refractivity contribution in [1.29, 1.82) is 0 Å². The Morgan fingerprint density at radius 2 is 2.22 bits per heavy atom. The second-order valence-electron chi connectivity index (χ2n) is 4.10.